The third kappa shape index (κ3) is 3.30. The van der Waals surface area contributed by atoms with Crippen LogP contribution < -0.4 is 20.5 Å². The van der Waals surface area contributed by atoms with E-state index in [2.05, 4.69) is 15.6 Å². The van der Waals surface area contributed by atoms with Gasteiger partial charge in [-0.05, 0) is 36.8 Å². The van der Waals surface area contributed by atoms with Gasteiger partial charge in [-0.15, -0.1) is 5.10 Å². The Labute approximate surface area is 150 Å². The topological polar surface area (TPSA) is 104 Å². The number of benzene rings is 2. The van der Waals surface area contributed by atoms with Crippen LogP contribution in [0, 0.1) is 6.92 Å². The van der Waals surface area contributed by atoms with Gasteiger partial charge in [-0.3, -0.25) is 4.79 Å². The Kier molecular flexibility index (Phi) is 4.74. The first-order valence-corrected chi connectivity index (χ1v) is 7.85. The number of nitrogen functional groups attached to an aromatic ring is 1. The molecular formula is C18H19N5O3. The molecule has 134 valence electrons. The van der Waals surface area contributed by atoms with Crippen LogP contribution in [0.1, 0.15) is 16.1 Å². The summed E-state index contributed by atoms with van der Waals surface area (Å²) >= 11 is 0. The average Bonchev–Trinajstić information content (AvgIpc) is 3.03. The van der Waals surface area contributed by atoms with Crippen molar-refractivity contribution in [3.05, 3.63) is 53.7 Å². The molecule has 26 heavy (non-hydrogen) atoms. The molecule has 2 aromatic carbocycles. The van der Waals surface area contributed by atoms with Crippen molar-refractivity contribution in [3.8, 4) is 17.2 Å². The van der Waals surface area contributed by atoms with Crippen molar-refractivity contribution in [2.24, 2.45) is 0 Å². The van der Waals surface area contributed by atoms with Crippen molar-refractivity contribution in [1.29, 1.82) is 0 Å². The van der Waals surface area contributed by atoms with E-state index in [9.17, 15) is 4.79 Å². The van der Waals surface area contributed by atoms with E-state index >= 15 is 0 Å². The number of hydrogen-bond acceptors (Lipinski definition) is 6. The van der Waals surface area contributed by atoms with Gasteiger partial charge in [0.05, 0.1) is 25.6 Å². The number of aryl methyl sites for hydroxylation is 1. The number of aromatic nitrogens is 3. The lowest BCUT2D eigenvalue weighted by molar-refractivity contribution is 0.102. The fourth-order valence-corrected chi connectivity index (χ4v) is 2.48. The van der Waals surface area contributed by atoms with E-state index in [1.54, 1.807) is 25.3 Å². The molecule has 0 fully saturated rings. The van der Waals surface area contributed by atoms with E-state index < -0.39 is 5.91 Å². The number of hydrogen-bond donors (Lipinski definition) is 2. The molecule has 1 amide bonds. The highest BCUT2D eigenvalue weighted by Gasteiger charge is 2.20. The Morgan fingerprint density at radius 1 is 1.15 bits per heavy atom. The molecule has 0 spiro atoms. The first kappa shape index (κ1) is 17.3. The zero-order valence-corrected chi connectivity index (χ0v) is 14.7. The van der Waals surface area contributed by atoms with Gasteiger partial charge < -0.3 is 20.5 Å². The van der Waals surface area contributed by atoms with Gasteiger partial charge in [-0.2, -0.15) is 4.68 Å². The van der Waals surface area contributed by atoms with Crippen molar-refractivity contribution in [3.63, 3.8) is 0 Å². The van der Waals surface area contributed by atoms with Crippen LogP contribution in [0.15, 0.2) is 42.5 Å². The van der Waals surface area contributed by atoms with Gasteiger partial charge in [0.1, 0.15) is 11.5 Å². The summed E-state index contributed by atoms with van der Waals surface area (Å²) in [6.45, 7) is 1.96. The summed E-state index contributed by atoms with van der Waals surface area (Å²) in [5.74, 6) is 0.748. The zero-order valence-electron chi connectivity index (χ0n) is 14.7. The molecule has 3 N–H and O–H groups in total. The van der Waals surface area contributed by atoms with Gasteiger partial charge in [-0.1, -0.05) is 17.3 Å². The number of nitrogens with one attached hydrogen (secondary N) is 1. The number of carbonyl (C=O) groups is 1. The molecule has 3 rings (SSSR count). The van der Waals surface area contributed by atoms with E-state index in [-0.39, 0.29) is 11.5 Å². The van der Waals surface area contributed by atoms with E-state index in [4.69, 9.17) is 15.2 Å². The van der Waals surface area contributed by atoms with Crippen molar-refractivity contribution in [1.82, 2.24) is 15.0 Å². The van der Waals surface area contributed by atoms with E-state index in [1.807, 2.05) is 31.2 Å². The molecule has 0 unspecified atom stereocenters. The molecule has 0 aliphatic carbocycles. The first-order valence-electron chi connectivity index (χ1n) is 7.85. The number of nitrogens with zero attached hydrogens (tertiary/aromatic N) is 3. The molecule has 0 radical (unpaired) electrons. The quantitative estimate of drug-likeness (QED) is 0.730. The third-order valence-electron chi connectivity index (χ3n) is 3.82. The molecule has 0 bridgehead atoms. The fourth-order valence-electron chi connectivity index (χ4n) is 2.48. The monoisotopic (exact) mass is 353 g/mol. The fraction of sp³-hybridized carbons (Fsp3) is 0.167. The predicted octanol–water partition coefficient (Wildman–Crippen LogP) is 2.43. The Bertz CT molecular complexity index is 952. The highest BCUT2D eigenvalue weighted by molar-refractivity contribution is 6.06. The lowest BCUT2D eigenvalue weighted by Gasteiger charge is -2.11. The average molecular weight is 353 g/mol. The van der Waals surface area contributed by atoms with Crippen LogP contribution in [0.5, 0.6) is 11.5 Å². The van der Waals surface area contributed by atoms with Crippen molar-refractivity contribution in [2.75, 3.05) is 25.3 Å². The van der Waals surface area contributed by atoms with Gasteiger partial charge >= 0.3 is 0 Å². The minimum absolute atomic E-state index is 0.0318. The van der Waals surface area contributed by atoms with Crippen molar-refractivity contribution in [2.45, 2.75) is 6.92 Å². The Balaban J connectivity index is 1.88. The molecule has 1 heterocycles. The molecule has 3 aromatic rings. The van der Waals surface area contributed by atoms with Crippen LogP contribution in [0.4, 0.5) is 11.5 Å². The van der Waals surface area contributed by atoms with Crippen molar-refractivity contribution < 1.29 is 14.3 Å². The maximum absolute atomic E-state index is 12.6. The Morgan fingerprint density at radius 2 is 1.96 bits per heavy atom. The third-order valence-corrected chi connectivity index (χ3v) is 3.82. The maximum atomic E-state index is 12.6. The van der Waals surface area contributed by atoms with Crippen LogP contribution >= 0.6 is 0 Å². The molecule has 8 heteroatoms. The number of ether oxygens (including phenoxy) is 2. The van der Waals surface area contributed by atoms with E-state index in [1.165, 1.54) is 11.8 Å². The standard InChI is InChI=1S/C18H19N5O3/c1-11-5-4-6-12(9-11)23-17(19)16(21-22-23)18(24)20-14-8-7-13(25-2)10-15(14)26-3/h4-10H,19H2,1-3H3,(H,20,24). The number of rotatable bonds is 5. The second kappa shape index (κ2) is 7.14. The summed E-state index contributed by atoms with van der Waals surface area (Å²) < 4.78 is 11.8. The highest BCUT2D eigenvalue weighted by atomic mass is 16.5. The molecular weight excluding hydrogens is 334 g/mol. The summed E-state index contributed by atoms with van der Waals surface area (Å²) in [5.41, 5.74) is 8.37. The normalized spacial score (nSPS) is 10.4. The van der Waals surface area contributed by atoms with E-state index in [0.717, 1.165) is 11.3 Å². The molecule has 8 nitrogen and oxygen atoms in total. The number of amides is 1. The smallest absolute Gasteiger partial charge is 0.280 e. The highest BCUT2D eigenvalue weighted by Crippen LogP contribution is 2.29. The van der Waals surface area contributed by atoms with Gasteiger partial charge in [0.15, 0.2) is 11.5 Å². The summed E-state index contributed by atoms with van der Waals surface area (Å²) in [5, 5.41) is 10.6. The number of methoxy groups -OCH3 is 2. The molecule has 1 aromatic heterocycles. The second-order valence-corrected chi connectivity index (χ2v) is 5.59. The lowest BCUT2D eigenvalue weighted by Crippen LogP contribution is -2.15. The second-order valence-electron chi connectivity index (χ2n) is 5.59. The Morgan fingerprint density at radius 3 is 2.65 bits per heavy atom. The lowest BCUT2D eigenvalue weighted by atomic mass is 10.2. The SMILES string of the molecule is COc1ccc(NC(=O)c2nnn(-c3cccc(C)c3)c2N)c(OC)c1. The van der Waals surface area contributed by atoms with Gasteiger partial charge in [0, 0.05) is 6.07 Å². The molecule has 0 atom stereocenters. The minimum atomic E-state index is -0.482. The van der Waals surface area contributed by atoms with Crippen LogP contribution in [0.25, 0.3) is 5.69 Å². The van der Waals surface area contributed by atoms with Crippen LogP contribution in [0.2, 0.25) is 0 Å². The largest absolute Gasteiger partial charge is 0.497 e. The predicted molar refractivity (Wildman–Crippen MR) is 98.0 cm³/mol. The number of anilines is 2. The summed E-state index contributed by atoms with van der Waals surface area (Å²) in [7, 11) is 3.06. The minimum Gasteiger partial charge on any atom is -0.497 e. The number of nitrogens with two attached hydrogens (primary N) is 1. The van der Waals surface area contributed by atoms with Crippen LogP contribution in [0.3, 0.4) is 0 Å². The number of carbonyl (C=O) groups excluding carboxylic acids is 1. The first-order chi connectivity index (χ1) is 12.5. The molecule has 0 aliphatic heterocycles. The van der Waals surface area contributed by atoms with Crippen LogP contribution in [-0.4, -0.2) is 35.1 Å². The van der Waals surface area contributed by atoms with Gasteiger partial charge in [-0.25, -0.2) is 0 Å². The summed E-state index contributed by atoms with van der Waals surface area (Å²) in [6, 6.07) is 12.6. The van der Waals surface area contributed by atoms with Gasteiger partial charge in [0.25, 0.3) is 5.91 Å². The maximum Gasteiger partial charge on any atom is 0.280 e. The summed E-state index contributed by atoms with van der Waals surface area (Å²) in [4.78, 5) is 12.6. The van der Waals surface area contributed by atoms with E-state index in [0.29, 0.717) is 17.2 Å². The van der Waals surface area contributed by atoms with Crippen molar-refractivity contribution >= 4 is 17.4 Å². The molecule has 0 aliphatic rings. The van der Waals surface area contributed by atoms with Gasteiger partial charge in [0.2, 0.25) is 0 Å². The molecule has 0 saturated carbocycles. The zero-order chi connectivity index (χ0) is 18.7. The molecule has 0 saturated heterocycles. The summed E-state index contributed by atoms with van der Waals surface area (Å²) in [6.07, 6.45) is 0. The van der Waals surface area contributed by atoms with Crippen LogP contribution in [-0.2, 0) is 0 Å². The Hall–Kier alpha value is -3.55.